The normalized spacial score (nSPS) is 14.7. The highest BCUT2D eigenvalue weighted by molar-refractivity contribution is 8.00. The number of fused-ring (bicyclic) bond motifs is 1. The average molecular weight is 450 g/mol. The van der Waals surface area contributed by atoms with Crippen LogP contribution < -0.4 is 5.32 Å². The van der Waals surface area contributed by atoms with Gasteiger partial charge in [0, 0.05) is 40.8 Å². The second-order valence-electron chi connectivity index (χ2n) is 8.86. The third-order valence-corrected chi connectivity index (χ3v) is 7.25. The molecule has 0 unspecified atom stereocenters. The summed E-state index contributed by atoms with van der Waals surface area (Å²) in [5, 5.41) is 4.09. The highest BCUT2D eigenvalue weighted by atomic mass is 32.2. The first-order chi connectivity index (χ1) is 15.4. The monoisotopic (exact) mass is 449 g/mol. The second kappa shape index (κ2) is 9.82. The summed E-state index contributed by atoms with van der Waals surface area (Å²) in [4.78, 5) is 28.5. The van der Waals surface area contributed by atoms with E-state index in [-0.39, 0.29) is 11.8 Å². The minimum absolute atomic E-state index is 0.0303. The van der Waals surface area contributed by atoms with Gasteiger partial charge in [-0.1, -0.05) is 42.8 Å². The predicted octanol–water partition coefficient (Wildman–Crippen LogP) is 5.25. The SMILES string of the molecule is Cc1ccc(NC(=O)CSc2cn(CC(=O)N3CCC(C)CC3)c3ccccc23)c(C)c1. The van der Waals surface area contributed by atoms with Crippen molar-refractivity contribution in [3.63, 3.8) is 0 Å². The zero-order valence-electron chi connectivity index (χ0n) is 19.1. The van der Waals surface area contributed by atoms with Crippen LogP contribution in [0.5, 0.6) is 0 Å². The number of rotatable bonds is 6. The molecule has 5 nitrogen and oxygen atoms in total. The van der Waals surface area contributed by atoms with Crippen LogP contribution in [-0.2, 0) is 16.1 Å². The molecule has 1 aliphatic heterocycles. The Bertz CT molecular complexity index is 1130. The highest BCUT2D eigenvalue weighted by Gasteiger charge is 2.21. The zero-order chi connectivity index (χ0) is 22.7. The van der Waals surface area contributed by atoms with Crippen LogP contribution in [0.3, 0.4) is 0 Å². The topological polar surface area (TPSA) is 54.3 Å². The Morgan fingerprint density at radius 1 is 1.09 bits per heavy atom. The number of benzene rings is 2. The first kappa shape index (κ1) is 22.5. The number of thioether (sulfide) groups is 1. The van der Waals surface area contributed by atoms with E-state index in [0.29, 0.717) is 18.2 Å². The predicted molar refractivity (Wildman–Crippen MR) is 132 cm³/mol. The molecule has 168 valence electrons. The molecule has 2 amide bonds. The number of anilines is 1. The van der Waals surface area contributed by atoms with Crippen molar-refractivity contribution in [2.45, 2.75) is 45.1 Å². The van der Waals surface area contributed by atoms with Gasteiger partial charge in [-0.05, 0) is 50.3 Å². The number of likely N-dealkylation sites (tertiary alicyclic amines) is 1. The van der Waals surface area contributed by atoms with Gasteiger partial charge < -0.3 is 14.8 Å². The van der Waals surface area contributed by atoms with Crippen molar-refractivity contribution in [1.82, 2.24) is 9.47 Å². The number of nitrogens with one attached hydrogen (secondary N) is 1. The van der Waals surface area contributed by atoms with Crippen molar-refractivity contribution in [3.8, 4) is 0 Å². The number of hydrogen-bond acceptors (Lipinski definition) is 3. The maximum absolute atomic E-state index is 12.9. The molecule has 1 N–H and O–H groups in total. The fourth-order valence-electron chi connectivity index (χ4n) is 4.25. The van der Waals surface area contributed by atoms with Crippen LogP contribution in [0, 0.1) is 19.8 Å². The number of piperidine rings is 1. The highest BCUT2D eigenvalue weighted by Crippen LogP contribution is 2.30. The Hall–Kier alpha value is -2.73. The van der Waals surface area contributed by atoms with Crippen molar-refractivity contribution in [2.24, 2.45) is 5.92 Å². The van der Waals surface area contributed by atoms with E-state index >= 15 is 0 Å². The Morgan fingerprint density at radius 2 is 1.84 bits per heavy atom. The smallest absolute Gasteiger partial charge is 0.242 e. The number of aryl methyl sites for hydroxylation is 2. The average Bonchev–Trinajstić information content (AvgIpc) is 3.12. The van der Waals surface area contributed by atoms with E-state index in [2.05, 4.69) is 24.4 Å². The second-order valence-corrected chi connectivity index (χ2v) is 9.87. The fraction of sp³-hybridized carbons (Fsp3) is 0.385. The van der Waals surface area contributed by atoms with Crippen molar-refractivity contribution < 1.29 is 9.59 Å². The van der Waals surface area contributed by atoms with E-state index in [0.717, 1.165) is 53.0 Å². The molecule has 1 aromatic heterocycles. The molecule has 3 aromatic rings. The molecule has 0 atom stereocenters. The van der Waals surface area contributed by atoms with Crippen molar-refractivity contribution in [2.75, 3.05) is 24.2 Å². The molecule has 0 spiro atoms. The van der Waals surface area contributed by atoms with Gasteiger partial charge in [0.15, 0.2) is 0 Å². The summed E-state index contributed by atoms with van der Waals surface area (Å²) < 4.78 is 2.03. The molecule has 0 bridgehead atoms. The van der Waals surface area contributed by atoms with E-state index in [9.17, 15) is 9.59 Å². The van der Waals surface area contributed by atoms with Gasteiger partial charge in [0.1, 0.15) is 6.54 Å². The minimum Gasteiger partial charge on any atom is -0.341 e. The maximum Gasteiger partial charge on any atom is 0.242 e. The Kier molecular flexibility index (Phi) is 6.89. The molecule has 0 aliphatic carbocycles. The van der Waals surface area contributed by atoms with Crippen molar-refractivity contribution in [1.29, 1.82) is 0 Å². The summed E-state index contributed by atoms with van der Waals surface area (Å²) in [6.45, 7) is 8.33. The molecule has 4 rings (SSSR count). The van der Waals surface area contributed by atoms with Crippen molar-refractivity contribution >= 4 is 40.2 Å². The Labute approximate surface area is 194 Å². The molecule has 2 aromatic carbocycles. The lowest BCUT2D eigenvalue weighted by atomic mass is 9.99. The summed E-state index contributed by atoms with van der Waals surface area (Å²) in [7, 11) is 0. The number of nitrogens with zero attached hydrogens (tertiary/aromatic N) is 2. The van der Waals surface area contributed by atoms with Gasteiger partial charge in [0.2, 0.25) is 11.8 Å². The molecule has 1 saturated heterocycles. The summed E-state index contributed by atoms with van der Waals surface area (Å²) in [6.07, 6.45) is 4.17. The minimum atomic E-state index is -0.0303. The van der Waals surface area contributed by atoms with Crippen LogP contribution in [0.1, 0.15) is 30.9 Å². The zero-order valence-corrected chi connectivity index (χ0v) is 19.9. The molecule has 0 radical (unpaired) electrons. The molecule has 2 heterocycles. The lowest BCUT2D eigenvalue weighted by Crippen LogP contribution is -2.39. The third-order valence-electron chi connectivity index (χ3n) is 6.21. The van der Waals surface area contributed by atoms with Gasteiger partial charge in [-0.15, -0.1) is 11.8 Å². The van der Waals surface area contributed by atoms with E-state index in [1.165, 1.54) is 17.3 Å². The number of carbonyl (C=O) groups excluding carboxylic acids is 2. The first-order valence-corrected chi connectivity index (χ1v) is 12.2. The maximum atomic E-state index is 12.9. The van der Waals surface area contributed by atoms with Crippen LogP contribution in [-0.4, -0.2) is 40.1 Å². The number of para-hydroxylation sites is 1. The van der Waals surface area contributed by atoms with E-state index < -0.39 is 0 Å². The Morgan fingerprint density at radius 3 is 2.59 bits per heavy atom. The molecule has 0 saturated carbocycles. The number of amides is 2. The van der Waals surface area contributed by atoms with E-state index in [1.54, 1.807) is 0 Å². The van der Waals surface area contributed by atoms with Gasteiger partial charge in [0.25, 0.3) is 0 Å². The van der Waals surface area contributed by atoms with Crippen molar-refractivity contribution in [3.05, 3.63) is 59.8 Å². The van der Waals surface area contributed by atoms with Crippen LogP contribution in [0.4, 0.5) is 5.69 Å². The number of carbonyl (C=O) groups is 2. The molecule has 32 heavy (non-hydrogen) atoms. The van der Waals surface area contributed by atoms with Gasteiger partial charge >= 0.3 is 0 Å². The molecular weight excluding hydrogens is 418 g/mol. The molecule has 1 aliphatic rings. The van der Waals surface area contributed by atoms with E-state index in [1.807, 2.05) is 59.8 Å². The fourth-order valence-corrected chi connectivity index (χ4v) is 5.13. The van der Waals surface area contributed by atoms with Crippen LogP contribution in [0.15, 0.2) is 53.6 Å². The van der Waals surface area contributed by atoms with Gasteiger partial charge in [0.05, 0.1) is 5.75 Å². The third kappa shape index (κ3) is 5.18. The molecule has 1 fully saturated rings. The first-order valence-electron chi connectivity index (χ1n) is 11.3. The standard InChI is InChI=1S/C26H31N3O2S/c1-18-10-12-28(13-11-18)26(31)16-29-15-24(21-6-4-5-7-23(21)29)32-17-25(30)27-22-9-8-19(2)14-20(22)3/h4-9,14-15,18H,10-13,16-17H2,1-3H3,(H,27,30). The quantitative estimate of drug-likeness (QED) is 0.523. The van der Waals surface area contributed by atoms with E-state index in [4.69, 9.17) is 0 Å². The van der Waals surface area contributed by atoms with Crippen LogP contribution in [0.2, 0.25) is 0 Å². The van der Waals surface area contributed by atoms with Gasteiger partial charge in [-0.25, -0.2) is 0 Å². The summed E-state index contributed by atoms with van der Waals surface area (Å²) >= 11 is 1.51. The summed E-state index contributed by atoms with van der Waals surface area (Å²) in [5.74, 6) is 1.16. The van der Waals surface area contributed by atoms with Gasteiger partial charge in [-0.3, -0.25) is 9.59 Å². The van der Waals surface area contributed by atoms with Gasteiger partial charge in [-0.2, -0.15) is 0 Å². The Balaban J connectivity index is 1.44. The number of aromatic nitrogens is 1. The molecular formula is C26H31N3O2S. The lowest BCUT2D eigenvalue weighted by molar-refractivity contribution is -0.133. The van der Waals surface area contributed by atoms with Crippen LogP contribution in [0.25, 0.3) is 10.9 Å². The summed E-state index contributed by atoms with van der Waals surface area (Å²) in [6, 6.07) is 14.1. The number of hydrogen-bond donors (Lipinski definition) is 1. The lowest BCUT2D eigenvalue weighted by Gasteiger charge is -2.30. The molecule has 6 heteroatoms. The summed E-state index contributed by atoms with van der Waals surface area (Å²) in [5.41, 5.74) is 4.12. The largest absolute Gasteiger partial charge is 0.341 e. The van der Waals surface area contributed by atoms with Crippen LogP contribution >= 0.6 is 11.8 Å².